The molecule has 0 atom stereocenters. The molecule has 0 radical (unpaired) electrons. The monoisotopic (exact) mass is 540 g/mol. The lowest BCUT2D eigenvalue weighted by Gasteiger charge is -2.15. The van der Waals surface area contributed by atoms with Crippen LogP contribution < -0.4 is 30.6 Å². The molecular weight excluding hydrogens is 512 g/mol. The molecule has 0 saturated heterocycles. The second-order valence-electron chi connectivity index (χ2n) is 8.85. The fourth-order valence-electron chi connectivity index (χ4n) is 4.47. The Morgan fingerprint density at radius 1 is 0.846 bits per heavy atom. The largest absolute Gasteiger partial charge is 0.493 e. The number of methoxy groups -OCH3 is 3. The summed E-state index contributed by atoms with van der Waals surface area (Å²) in [5, 5.41) is 8.66. The number of nitrogens with two attached hydrogens (primary N) is 1. The van der Waals surface area contributed by atoms with Crippen molar-refractivity contribution in [2.75, 3.05) is 37.7 Å². The first kappa shape index (κ1) is 25.9. The third-order valence-electron chi connectivity index (χ3n) is 6.33. The van der Waals surface area contributed by atoms with Crippen molar-refractivity contribution in [2.45, 2.75) is 6.92 Å². The number of aromatic nitrogens is 1. The van der Waals surface area contributed by atoms with Crippen LogP contribution in [0.4, 0.5) is 22.0 Å². The van der Waals surface area contributed by atoms with Crippen LogP contribution in [0.2, 0.25) is 0 Å². The number of carbonyl (C=O) groups is 1. The first-order valence-corrected chi connectivity index (χ1v) is 13.0. The average Bonchev–Trinajstić information content (AvgIpc) is 3.39. The van der Waals surface area contributed by atoms with Gasteiger partial charge in [-0.1, -0.05) is 24.3 Å². The van der Waals surface area contributed by atoms with Gasteiger partial charge in [0, 0.05) is 38.8 Å². The molecule has 0 bridgehead atoms. The molecule has 2 heterocycles. The average molecular weight is 541 g/mol. The van der Waals surface area contributed by atoms with Crippen molar-refractivity contribution < 1.29 is 19.0 Å². The van der Waals surface area contributed by atoms with Crippen LogP contribution in [-0.2, 0) is 0 Å². The van der Waals surface area contributed by atoms with Gasteiger partial charge in [0.15, 0.2) is 11.5 Å². The molecule has 8 nitrogen and oxygen atoms in total. The number of thiophene rings is 1. The maximum atomic E-state index is 12.5. The molecule has 2 amide bonds. The Kier molecular flexibility index (Phi) is 7.25. The zero-order valence-corrected chi connectivity index (χ0v) is 22.8. The van der Waals surface area contributed by atoms with Gasteiger partial charge in [-0.2, -0.15) is 0 Å². The number of anilines is 3. The second kappa shape index (κ2) is 10.9. The van der Waals surface area contributed by atoms with E-state index in [0.29, 0.717) is 28.8 Å². The third kappa shape index (κ3) is 5.17. The van der Waals surface area contributed by atoms with Crippen molar-refractivity contribution in [3.05, 3.63) is 77.8 Å². The predicted octanol–water partition coefficient (Wildman–Crippen LogP) is 7.19. The van der Waals surface area contributed by atoms with Gasteiger partial charge in [0.25, 0.3) is 0 Å². The van der Waals surface area contributed by atoms with Crippen molar-refractivity contribution in [2.24, 2.45) is 0 Å². The molecule has 2 aromatic heterocycles. The molecule has 0 aliphatic rings. The quantitative estimate of drug-likeness (QED) is 0.202. The summed E-state index contributed by atoms with van der Waals surface area (Å²) >= 11 is 1.59. The molecule has 4 N–H and O–H groups in total. The van der Waals surface area contributed by atoms with Crippen LogP contribution in [-0.4, -0.2) is 32.3 Å². The second-order valence-corrected chi connectivity index (χ2v) is 9.73. The molecule has 0 aliphatic heterocycles. The number of hydrogen-bond donors (Lipinski definition) is 3. The molecular formula is C30H28N4O4S. The lowest BCUT2D eigenvalue weighted by molar-refractivity contribution is 0.262. The molecule has 198 valence electrons. The molecule has 5 rings (SSSR count). The standard InChI is InChI=1S/C30H28N4O4S/c1-17-6-5-7-21(12-17)34-30(35)33-20-10-8-18(9-11-20)23-16-39-28-22(15-32-29(31)26(23)28)19-13-24(36-2)27(38-4)25(14-19)37-3/h5-16H,1-4H3,(H2,31,32)(H2,33,34,35). The minimum Gasteiger partial charge on any atom is -0.493 e. The highest BCUT2D eigenvalue weighted by Crippen LogP contribution is 2.46. The van der Waals surface area contributed by atoms with Crippen molar-refractivity contribution in [1.29, 1.82) is 0 Å². The number of amides is 2. The van der Waals surface area contributed by atoms with Gasteiger partial charge in [-0.3, -0.25) is 0 Å². The molecule has 0 saturated carbocycles. The Morgan fingerprint density at radius 3 is 2.18 bits per heavy atom. The molecule has 39 heavy (non-hydrogen) atoms. The van der Waals surface area contributed by atoms with Gasteiger partial charge in [-0.25, -0.2) is 9.78 Å². The number of nitrogen functional groups attached to an aromatic ring is 1. The highest BCUT2D eigenvalue weighted by atomic mass is 32.1. The number of carbonyl (C=O) groups excluding carboxylic acids is 1. The fraction of sp³-hybridized carbons (Fsp3) is 0.133. The van der Waals surface area contributed by atoms with Crippen LogP contribution in [0.5, 0.6) is 17.2 Å². The van der Waals surface area contributed by atoms with Gasteiger partial charge in [0.05, 0.1) is 21.3 Å². The zero-order chi connectivity index (χ0) is 27.5. The van der Waals surface area contributed by atoms with E-state index in [1.165, 1.54) is 0 Å². The minimum atomic E-state index is -0.308. The summed E-state index contributed by atoms with van der Waals surface area (Å²) in [6, 6.07) is 18.8. The number of fused-ring (bicyclic) bond motifs is 1. The maximum Gasteiger partial charge on any atom is 0.323 e. The minimum absolute atomic E-state index is 0.308. The number of rotatable bonds is 7. The summed E-state index contributed by atoms with van der Waals surface area (Å²) < 4.78 is 17.6. The summed E-state index contributed by atoms with van der Waals surface area (Å²) in [4.78, 5) is 17.0. The Labute approximate surface area is 230 Å². The normalized spacial score (nSPS) is 10.8. The van der Waals surface area contributed by atoms with E-state index < -0.39 is 0 Å². The molecule has 0 unspecified atom stereocenters. The van der Waals surface area contributed by atoms with Crippen LogP contribution >= 0.6 is 11.3 Å². The zero-order valence-electron chi connectivity index (χ0n) is 22.0. The van der Waals surface area contributed by atoms with E-state index in [9.17, 15) is 4.79 Å². The van der Waals surface area contributed by atoms with Crippen molar-refractivity contribution >= 4 is 44.6 Å². The van der Waals surface area contributed by atoms with Crippen LogP contribution in [0.25, 0.3) is 32.3 Å². The lowest BCUT2D eigenvalue weighted by atomic mass is 10.0. The Balaban J connectivity index is 1.45. The number of pyridine rings is 1. The predicted molar refractivity (Wildman–Crippen MR) is 158 cm³/mol. The van der Waals surface area contributed by atoms with E-state index in [1.54, 1.807) is 38.9 Å². The number of ether oxygens (including phenoxy) is 3. The molecule has 0 spiro atoms. The highest BCUT2D eigenvalue weighted by molar-refractivity contribution is 7.18. The smallest absolute Gasteiger partial charge is 0.323 e. The van der Waals surface area contributed by atoms with Gasteiger partial charge in [0.2, 0.25) is 5.75 Å². The van der Waals surface area contributed by atoms with Gasteiger partial charge >= 0.3 is 6.03 Å². The van der Waals surface area contributed by atoms with Crippen LogP contribution in [0.15, 0.2) is 72.2 Å². The van der Waals surface area contributed by atoms with Gasteiger partial charge in [-0.15, -0.1) is 11.3 Å². The fourth-order valence-corrected chi connectivity index (χ4v) is 5.59. The topological polar surface area (TPSA) is 108 Å². The van der Waals surface area contributed by atoms with Crippen LogP contribution in [0.1, 0.15) is 5.56 Å². The SMILES string of the molecule is COc1cc(-c2cnc(N)c3c(-c4ccc(NC(=O)Nc5cccc(C)c5)cc4)csc23)cc(OC)c1OC. The molecule has 5 aromatic rings. The van der Waals surface area contributed by atoms with E-state index in [0.717, 1.165) is 43.6 Å². The van der Waals surface area contributed by atoms with E-state index in [-0.39, 0.29) is 6.03 Å². The molecule has 0 fully saturated rings. The number of benzene rings is 3. The van der Waals surface area contributed by atoms with Crippen molar-refractivity contribution in [1.82, 2.24) is 4.98 Å². The van der Waals surface area contributed by atoms with Crippen LogP contribution in [0, 0.1) is 6.92 Å². The number of hydrogen-bond acceptors (Lipinski definition) is 7. The van der Waals surface area contributed by atoms with Crippen LogP contribution in [0.3, 0.4) is 0 Å². The summed E-state index contributed by atoms with van der Waals surface area (Å²) in [5.41, 5.74) is 12.6. The first-order chi connectivity index (χ1) is 18.9. The number of urea groups is 1. The first-order valence-electron chi connectivity index (χ1n) is 12.1. The number of nitrogens with one attached hydrogen (secondary N) is 2. The van der Waals surface area contributed by atoms with Gasteiger partial charge in [-0.05, 0) is 65.4 Å². The lowest BCUT2D eigenvalue weighted by Crippen LogP contribution is -2.19. The maximum absolute atomic E-state index is 12.5. The number of nitrogens with zero attached hydrogens (tertiary/aromatic N) is 1. The van der Waals surface area contributed by atoms with E-state index in [1.807, 2.05) is 67.6 Å². The van der Waals surface area contributed by atoms with E-state index in [2.05, 4.69) is 21.0 Å². The highest BCUT2D eigenvalue weighted by Gasteiger charge is 2.19. The molecule has 9 heteroatoms. The van der Waals surface area contributed by atoms with E-state index in [4.69, 9.17) is 19.9 Å². The Morgan fingerprint density at radius 2 is 1.54 bits per heavy atom. The molecule has 0 aliphatic carbocycles. The summed E-state index contributed by atoms with van der Waals surface area (Å²) in [6.45, 7) is 1.98. The number of aryl methyl sites for hydroxylation is 1. The Bertz CT molecular complexity index is 1640. The summed E-state index contributed by atoms with van der Waals surface area (Å²) in [7, 11) is 4.75. The third-order valence-corrected chi connectivity index (χ3v) is 7.34. The van der Waals surface area contributed by atoms with E-state index >= 15 is 0 Å². The van der Waals surface area contributed by atoms with Crippen molar-refractivity contribution in [3.8, 4) is 39.5 Å². The molecule has 3 aromatic carbocycles. The van der Waals surface area contributed by atoms with Crippen molar-refractivity contribution in [3.63, 3.8) is 0 Å². The summed E-state index contributed by atoms with van der Waals surface area (Å²) in [6.07, 6.45) is 1.76. The summed E-state index contributed by atoms with van der Waals surface area (Å²) in [5.74, 6) is 2.08. The van der Waals surface area contributed by atoms with Gasteiger partial charge in [0.1, 0.15) is 5.82 Å². The Hall–Kier alpha value is -4.76. The van der Waals surface area contributed by atoms with Gasteiger partial charge < -0.3 is 30.6 Å².